The zero-order valence-electron chi connectivity index (χ0n) is 10.6. The van der Waals surface area contributed by atoms with Crippen LogP contribution in [-0.4, -0.2) is 7.11 Å². The molecule has 2 rings (SSSR count). The average molecular weight is 299 g/mol. The van der Waals surface area contributed by atoms with Crippen molar-refractivity contribution in [1.29, 1.82) is 0 Å². The topological polar surface area (TPSA) is 35.2 Å². The molecule has 0 heterocycles. The normalized spacial score (nSPS) is 11.4. The number of ether oxygens (including phenoxy) is 1. The minimum Gasteiger partial charge on any atom is -0.497 e. The molecule has 2 aromatic rings. The van der Waals surface area contributed by atoms with Crippen LogP contribution in [0.15, 0.2) is 52.3 Å². The Balaban J connectivity index is 2.25. The number of hydrogen-bond donors (Lipinski definition) is 1. The van der Waals surface area contributed by atoms with Crippen LogP contribution in [0.1, 0.15) is 5.56 Å². The largest absolute Gasteiger partial charge is 0.497 e. The molecule has 0 fully saturated rings. The number of nitrogens with two attached hydrogens (primary N) is 1. The van der Waals surface area contributed by atoms with Crippen molar-refractivity contribution in [3.63, 3.8) is 0 Å². The minimum absolute atomic E-state index is 0.104. The van der Waals surface area contributed by atoms with E-state index in [0.717, 1.165) is 17.0 Å². The van der Waals surface area contributed by atoms with Gasteiger partial charge in [-0.25, -0.2) is 0 Å². The third-order valence-electron chi connectivity index (χ3n) is 2.61. The highest BCUT2D eigenvalue weighted by molar-refractivity contribution is 7.99. The van der Waals surface area contributed by atoms with Gasteiger partial charge in [-0.1, -0.05) is 17.8 Å². The zero-order valence-corrected chi connectivity index (χ0v) is 11.4. The molecular formula is C14H12F3NOS. The van der Waals surface area contributed by atoms with Crippen molar-refractivity contribution in [2.45, 2.75) is 16.0 Å². The number of benzene rings is 2. The van der Waals surface area contributed by atoms with E-state index in [1.807, 2.05) is 6.07 Å². The summed E-state index contributed by atoms with van der Waals surface area (Å²) in [6, 6.07) is 10.6. The lowest BCUT2D eigenvalue weighted by Gasteiger charge is -2.11. The number of nitrogen functional groups attached to an aromatic ring is 1. The summed E-state index contributed by atoms with van der Waals surface area (Å²) in [5.74, 6) is 0.681. The molecule has 2 nitrogen and oxygen atoms in total. The van der Waals surface area contributed by atoms with Gasteiger partial charge in [0.1, 0.15) is 5.75 Å². The second kappa shape index (κ2) is 5.66. The van der Waals surface area contributed by atoms with E-state index in [-0.39, 0.29) is 5.69 Å². The van der Waals surface area contributed by atoms with Gasteiger partial charge in [-0.05, 0) is 36.4 Å². The van der Waals surface area contributed by atoms with E-state index < -0.39 is 11.7 Å². The fraction of sp³-hybridized carbons (Fsp3) is 0.143. The van der Waals surface area contributed by atoms with E-state index in [2.05, 4.69) is 0 Å². The van der Waals surface area contributed by atoms with Crippen LogP contribution in [0.5, 0.6) is 5.75 Å². The summed E-state index contributed by atoms with van der Waals surface area (Å²) in [5, 5.41) is 0. The Morgan fingerprint density at radius 1 is 1.10 bits per heavy atom. The van der Waals surface area contributed by atoms with Gasteiger partial charge in [-0.15, -0.1) is 0 Å². The molecule has 0 aliphatic carbocycles. The molecule has 0 radical (unpaired) electrons. The third-order valence-corrected chi connectivity index (χ3v) is 3.69. The smallest absolute Gasteiger partial charge is 0.416 e. The number of rotatable bonds is 3. The van der Waals surface area contributed by atoms with Gasteiger partial charge in [0.25, 0.3) is 0 Å². The van der Waals surface area contributed by atoms with Crippen LogP contribution >= 0.6 is 11.8 Å². The number of alkyl halides is 3. The summed E-state index contributed by atoms with van der Waals surface area (Å²) in [7, 11) is 1.55. The van der Waals surface area contributed by atoms with Gasteiger partial charge in [-0.3, -0.25) is 0 Å². The fourth-order valence-electron chi connectivity index (χ4n) is 1.61. The summed E-state index contributed by atoms with van der Waals surface area (Å²) in [4.78, 5) is 1.42. The molecule has 6 heteroatoms. The van der Waals surface area contributed by atoms with Crippen molar-refractivity contribution < 1.29 is 17.9 Å². The van der Waals surface area contributed by atoms with Crippen LogP contribution in [-0.2, 0) is 6.18 Å². The lowest BCUT2D eigenvalue weighted by molar-refractivity contribution is -0.137. The predicted octanol–water partition coefficient (Wildman–Crippen LogP) is 4.45. The number of anilines is 1. The molecule has 2 aromatic carbocycles. The van der Waals surface area contributed by atoms with E-state index in [1.54, 1.807) is 25.3 Å². The van der Waals surface area contributed by atoms with Crippen LogP contribution in [0.25, 0.3) is 0 Å². The maximum atomic E-state index is 12.5. The molecule has 0 spiro atoms. The van der Waals surface area contributed by atoms with Crippen molar-refractivity contribution in [2.75, 3.05) is 12.8 Å². The van der Waals surface area contributed by atoms with Crippen molar-refractivity contribution in [2.24, 2.45) is 0 Å². The Kier molecular flexibility index (Phi) is 4.13. The first-order valence-corrected chi connectivity index (χ1v) is 6.50. The molecule has 0 bridgehead atoms. The second-order valence-corrected chi connectivity index (χ2v) is 5.15. The van der Waals surface area contributed by atoms with Gasteiger partial charge >= 0.3 is 6.18 Å². The van der Waals surface area contributed by atoms with Gasteiger partial charge < -0.3 is 10.5 Å². The summed E-state index contributed by atoms with van der Waals surface area (Å²) >= 11 is 1.29. The van der Waals surface area contributed by atoms with Crippen molar-refractivity contribution in [3.05, 3.63) is 48.0 Å². The van der Waals surface area contributed by atoms with Crippen LogP contribution in [0.2, 0.25) is 0 Å². The standard InChI is InChI=1S/C14H12F3NOS/c1-19-10-3-2-4-11(8-10)20-13-6-5-9(7-12(13)18)14(15,16)17/h2-8H,18H2,1H3. The SMILES string of the molecule is COc1cccc(Sc2ccc(C(F)(F)F)cc2N)c1. The van der Waals surface area contributed by atoms with Crippen molar-refractivity contribution in [3.8, 4) is 5.75 Å². The molecule has 0 aliphatic rings. The van der Waals surface area contributed by atoms with Gasteiger partial charge in [0.2, 0.25) is 0 Å². The minimum atomic E-state index is -4.38. The van der Waals surface area contributed by atoms with Gasteiger partial charge in [-0.2, -0.15) is 13.2 Å². The van der Waals surface area contributed by atoms with Gasteiger partial charge in [0, 0.05) is 15.5 Å². The van der Waals surface area contributed by atoms with Gasteiger partial charge in [0.05, 0.1) is 12.7 Å². The van der Waals surface area contributed by atoms with Crippen LogP contribution in [0.4, 0.5) is 18.9 Å². The number of methoxy groups -OCH3 is 1. The molecule has 0 aliphatic heterocycles. The summed E-state index contributed by atoms with van der Waals surface area (Å²) in [6.45, 7) is 0. The molecule has 2 N–H and O–H groups in total. The maximum absolute atomic E-state index is 12.5. The summed E-state index contributed by atoms with van der Waals surface area (Å²) in [5.41, 5.74) is 5.04. The fourth-order valence-corrected chi connectivity index (χ4v) is 2.50. The molecular weight excluding hydrogens is 287 g/mol. The van der Waals surface area contributed by atoms with Gasteiger partial charge in [0.15, 0.2) is 0 Å². The van der Waals surface area contributed by atoms with E-state index in [0.29, 0.717) is 10.6 Å². The average Bonchev–Trinajstić information content (AvgIpc) is 2.40. The van der Waals surface area contributed by atoms with Crippen molar-refractivity contribution >= 4 is 17.4 Å². The highest BCUT2D eigenvalue weighted by atomic mass is 32.2. The van der Waals surface area contributed by atoms with E-state index in [1.165, 1.54) is 17.8 Å². The Labute approximate surface area is 118 Å². The highest BCUT2D eigenvalue weighted by Crippen LogP contribution is 2.37. The molecule has 0 amide bonds. The summed E-state index contributed by atoms with van der Waals surface area (Å²) < 4.78 is 42.7. The number of hydrogen-bond acceptors (Lipinski definition) is 3. The van der Waals surface area contributed by atoms with E-state index in [9.17, 15) is 13.2 Å². The first-order chi connectivity index (χ1) is 9.40. The Bertz CT molecular complexity index is 614. The Hall–Kier alpha value is -1.82. The second-order valence-electron chi connectivity index (χ2n) is 4.03. The number of halogens is 3. The van der Waals surface area contributed by atoms with Crippen molar-refractivity contribution in [1.82, 2.24) is 0 Å². The van der Waals surface area contributed by atoms with Crippen LogP contribution < -0.4 is 10.5 Å². The zero-order chi connectivity index (χ0) is 14.8. The lowest BCUT2D eigenvalue weighted by Crippen LogP contribution is -2.05. The monoisotopic (exact) mass is 299 g/mol. The maximum Gasteiger partial charge on any atom is 0.416 e. The predicted molar refractivity (Wildman–Crippen MR) is 73.0 cm³/mol. The summed E-state index contributed by atoms with van der Waals surface area (Å²) in [6.07, 6.45) is -4.38. The quantitative estimate of drug-likeness (QED) is 0.851. The molecule has 0 unspecified atom stereocenters. The lowest BCUT2D eigenvalue weighted by atomic mass is 10.2. The Morgan fingerprint density at radius 3 is 2.45 bits per heavy atom. The van der Waals surface area contributed by atoms with E-state index in [4.69, 9.17) is 10.5 Å². The third kappa shape index (κ3) is 3.39. The molecule has 0 saturated heterocycles. The highest BCUT2D eigenvalue weighted by Gasteiger charge is 2.30. The molecule has 0 atom stereocenters. The van der Waals surface area contributed by atoms with Crippen LogP contribution in [0.3, 0.4) is 0 Å². The van der Waals surface area contributed by atoms with Crippen LogP contribution in [0, 0.1) is 0 Å². The molecule has 0 aromatic heterocycles. The van der Waals surface area contributed by atoms with E-state index >= 15 is 0 Å². The Morgan fingerprint density at radius 2 is 1.85 bits per heavy atom. The first kappa shape index (κ1) is 14.6. The molecule has 106 valence electrons. The molecule has 0 saturated carbocycles. The first-order valence-electron chi connectivity index (χ1n) is 5.69. The molecule has 20 heavy (non-hydrogen) atoms.